The van der Waals surface area contributed by atoms with Gasteiger partial charge in [-0.15, -0.1) is 0 Å². The van der Waals surface area contributed by atoms with Crippen molar-refractivity contribution in [3.63, 3.8) is 0 Å². The topological polar surface area (TPSA) is 29.7 Å². The Morgan fingerprint density at radius 2 is 2.16 bits per heavy atom. The Morgan fingerprint density at radius 3 is 3.16 bits per heavy atom. The quantitative estimate of drug-likeness (QED) is 0.408. The second-order valence-corrected chi connectivity index (χ2v) is 6.64. The maximum absolute atomic E-state index is 4.53. The first-order valence-corrected chi connectivity index (χ1v) is 7.68. The summed E-state index contributed by atoms with van der Waals surface area (Å²) < 4.78 is 4.98. The van der Waals surface area contributed by atoms with E-state index >= 15 is 0 Å². The summed E-state index contributed by atoms with van der Waals surface area (Å²) in [7, 11) is 0. The standard InChI is InChI=1S/C14H8N3S2/c1-2-10-11(16-4-1)12-14(18-10)17-7-8-3-5-15-6-9(8)13(17)19-12/h1-6H,7H2/q+1. The molecule has 0 spiro atoms. The molecule has 3 nitrogen and oxygen atoms in total. The normalized spacial score (nSPS) is 13.1. The van der Waals surface area contributed by atoms with Crippen LogP contribution in [0.1, 0.15) is 5.56 Å². The Kier molecular flexibility index (Phi) is 1.78. The second kappa shape index (κ2) is 3.37. The molecule has 0 radical (unpaired) electrons. The molecular formula is C14H8N3S2+. The van der Waals surface area contributed by atoms with Crippen LogP contribution in [0.15, 0.2) is 36.8 Å². The van der Waals surface area contributed by atoms with Gasteiger partial charge < -0.3 is 0 Å². The monoisotopic (exact) mass is 282 g/mol. The van der Waals surface area contributed by atoms with Gasteiger partial charge in [0.15, 0.2) is 6.54 Å². The summed E-state index contributed by atoms with van der Waals surface area (Å²) in [5.74, 6) is 0. The van der Waals surface area contributed by atoms with Gasteiger partial charge in [0, 0.05) is 24.2 Å². The number of thiazole rings is 1. The molecule has 19 heavy (non-hydrogen) atoms. The average molecular weight is 282 g/mol. The summed E-state index contributed by atoms with van der Waals surface area (Å²) in [5, 5.41) is 1.32. The first-order chi connectivity index (χ1) is 9.42. The molecule has 0 bridgehead atoms. The fourth-order valence-corrected chi connectivity index (χ4v) is 5.32. The lowest BCUT2D eigenvalue weighted by Gasteiger charge is -1.89. The van der Waals surface area contributed by atoms with Gasteiger partial charge in [-0.05, 0) is 18.2 Å². The number of nitrogens with zero attached hydrogens (tertiary/aromatic N) is 3. The lowest BCUT2D eigenvalue weighted by molar-refractivity contribution is -0.639. The van der Waals surface area contributed by atoms with Crippen LogP contribution in [0.2, 0.25) is 0 Å². The maximum atomic E-state index is 4.53. The summed E-state index contributed by atoms with van der Waals surface area (Å²) in [5.41, 5.74) is 3.79. The molecule has 0 amide bonds. The van der Waals surface area contributed by atoms with Crippen molar-refractivity contribution in [3.8, 4) is 10.6 Å². The third kappa shape index (κ3) is 1.19. The number of aromatic nitrogens is 3. The number of fused-ring (bicyclic) bond motifs is 7. The molecule has 0 aromatic carbocycles. The molecule has 90 valence electrons. The Labute approximate surface area is 116 Å². The van der Waals surface area contributed by atoms with Crippen LogP contribution in [0.3, 0.4) is 0 Å². The molecule has 0 atom stereocenters. The highest BCUT2D eigenvalue weighted by Crippen LogP contribution is 2.41. The van der Waals surface area contributed by atoms with Crippen molar-refractivity contribution in [1.29, 1.82) is 0 Å². The molecule has 5 heteroatoms. The zero-order chi connectivity index (χ0) is 12.4. The fraction of sp³-hybridized carbons (Fsp3) is 0.0714. The molecule has 0 N–H and O–H groups in total. The van der Waals surface area contributed by atoms with Crippen molar-refractivity contribution in [3.05, 3.63) is 42.4 Å². The van der Waals surface area contributed by atoms with E-state index < -0.39 is 0 Å². The molecule has 0 saturated carbocycles. The molecule has 4 aromatic rings. The minimum absolute atomic E-state index is 0.958. The van der Waals surface area contributed by atoms with Crippen molar-refractivity contribution < 1.29 is 4.57 Å². The van der Waals surface area contributed by atoms with Crippen molar-refractivity contribution in [2.75, 3.05) is 0 Å². The Bertz CT molecular complexity index is 952. The van der Waals surface area contributed by atoms with Gasteiger partial charge in [0.05, 0.1) is 10.3 Å². The third-order valence-corrected chi connectivity index (χ3v) is 6.07. The lowest BCUT2D eigenvalue weighted by Crippen LogP contribution is -2.29. The van der Waals surface area contributed by atoms with Crippen LogP contribution in [0.4, 0.5) is 0 Å². The predicted molar refractivity (Wildman–Crippen MR) is 77.5 cm³/mol. The molecule has 4 aromatic heterocycles. The molecule has 1 aliphatic rings. The van der Waals surface area contributed by atoms with E-state index in [1.165, 1.54) is 30.4 Å². The van der Waals surface area contributed by atoms with Gasteiger partial charge in [0.1, 0.15) is 10.2 Å². The Balaban J connectivity index is 1.93. The van der Waals surface area contributed by atoms with Crippen LogP contribution in [-0.4, -0.2) is 9.97 Å². The molecule has 5 heterocycles. The SMILES string of the molecule is c1cnc2c(c1)sc1c2sc2[n+]1Cc1ccncc1-2. The number of rotatable bonds is 0. The predicted octanol–water partition coefficient (Wildman–Crippen LogP) is 3.22. The third-order valence-electron chi connectivity index (χ3n) is 3.55. The van der Waals surface area contributed by atoms with Crippen LogP contribution in [0, 0.1) is 0 Å². The highest BCUT2D eigenvalue weighted by molar-refractivity contribution is 7.32. The van der Waals surface area contributed by atoms with E-state index in [-0.39, 0.29) is 0 Å². The van der Waals surface area contributed by atoms with Crippen LogP contribution in [-0.2, 0) is 6.54 Å². The molecule has 5 rings (SSSR count). The highest BCUT2D eigenvalue weighted by atomic mass is 32.1. The lowest BCUT2D eigenvalue weighted by atomic mass is 10.2. The van der Waals surface area contributed by atoms with Gasteiger partial charge in [-0.3, -0.25) is 9.97 Å². The van der Waals surface area contributed by atoms with Gasteiger partial charge in [-0.25, -0.2) is 0 Å². The zero-order valence-corrected chi connectivity index (χ0v) is 11.5. The van der Waals surface area contributed by atoms with E-state index in [0.29, 0.717) is 0 Å². The van der Waals surface area contributed by atoms with Crippen molar-refractivity contribution in [2.24, 2.45) is 0 Å². The molecule has 0 unspecified atom stereocenters. The van der Waals surface area contributed by atoms with E-state index in [1.807, 2.05) is 47.3 Å². The molecule has 0 saturated heterocycles. The number of hydrogen-bond acceptors (Lipinski definition) is 4. The van der Waals surface area contributed by atoms with Gasteiger partial charge in [0.25, 0.3) is 9.84 Å². The van der Waals surface area contributed by atoms with Crippen molar-refractivity contribution >= 4 is 42.4 Å². The van der Waals surface area contributed by atoms with Crippen molar-refractivity contribution in [2.45, 2.75) is 6.54 Å². The molecular weight excluding hydrogens is 274 g/mol. The van der Waals surface area contributed by atoms with E-state index in [1.54, 1.807) is 0 Å². The van der Waals surface area contributed by atoms with Gasteiger partial charge >= 0.3 is 0 Å². The zero-order valence-electron chi connectivity index (χ0n) is 9.83. The smallest absolute Gasteiger partial charge is 0.264 e. The summed E-state index contributed by atoms with van der Waals surface area (Å²) >= 11 is 3.67. The van der Waals surface area contributed by atoms with Crippen LogP contribution >= 0.6 is 22.7 Å². The summed E-state index contributed by atoms with van der Waals surface area (Å²) in [6.45, 7) is 0.958. The summed E-state index contributed by atoms with van der Waals surface area (Å²) in [6.07, 6.45) is 5.73. The van der Waals surface area contributed by atoms with Gasteiger partial charge in [0.2, 0.25) is 0 Å². The van der Waals surface area contributed by atoms with Crippen molar-refractivity contribution in [1.82, 2.24) is 9.97 Å². The number of hydrogen-bond donors (Lipinski definition) is 0. The van der Waals surface area contributed by atoms with E-state index in [0.717, 1.165) is 12.1 Å². The fourth-order valence-electron chi connectivity index (χ4n) is 2.68. The minimum atomic E-state index is 0.958. The van der Waals surface area contributed by atoms with E-state index in [2.05, 4.69) is 26.7 Å². The van der Waals surface area contributed by atoms with Gasteiger partial charge in [-0.1, -0.05) is 22.7 Å². The first-order valence-electron chi connectivity index (χ1n) is 6.05. The Hall–Kier alpha value is -1.85. The summed E-state index contributed by atoms with van der Waals surface area (Å²) in [4.78, 5) is 10.1. The second-order valence-electron chi connectivity index (χ2n) is 4.61. The van der Waals surface area contributed by atoms with E-state index in [4.69, 9.17) is 0 Å². The largest absolute Gasteiger partial charge is 0.283 e. The van der Waals surface area contributed by atoms with Crippen LogP contribution in [0.5, 0.6) is 0 Å². The van der Waals surface area contributed by atoms with Crippen LogP contribution < -0.4 is 4.57 Å². The maximum Gasteiger partial charge on any atom is 0.283 e. The average Bonchev–Trinajstić information content (AvgIpc) is 3.07. The molecule has 0 fully saturated rings. The van der Waals surface area contributed by atoms with E-state index in [9.17, 15) is 0 Å². The molecule has 0 aliphatic carbocycles. The molecule has 1 aliphatic heterocycles. The Morgan fingerprint density at radius 1 is 1.16 bits per heavy atom. The number of pyridine rings is 2. The minimum Gasteiger partial charge on any atom is -0.264 e. The summed E-state index contributed by atoms with van der Waals surface area (Å²) in [6, 6.07) is 6.27. The highest BCUT2D eigenvalue weighted by Gasteiger charge is 2.33. The number of thiophene rings is 1. The first kappa shape index (κ1) is 10.00. The van der Waals surface area contributed by atoms with Gasteiger partial charge in [-0.2, -0.15) is 4.57 Å². The van der Waals surface area contributed by atoms with Crippen LogP contribution in [0.25, 0.3) is 30.3 Å².